The number of nitrogens with zero attached hydrogens (tertiary/aromatic N) is 2. The first-order valence-electron chi connectivity index (χ1n) is 34.2. The largest absolute Gasteiger partial charge is 0.310 e. The van der Waals surface area contributed by atoms with E-state index in [4.69, 9.17) is 0 Å². The summed E-state index contributed by atoms with van der Waals surface area (Å²) in [5.74, 6) is 0. The molecule has 96 heavy (non-hydrogen) atoms. The lowest BCUT2D eigenvalue weighted by Gasteiger charge is -2.31. The van der Waals surface area contributed by atoms with Crippen molar-refractivity contribution in [3.8, 4) is 66.8 Å². The van der Waals surface area contributed by atoms with Crippen molar-refractivity contribution >= 4 is 77.2 Å². The molecule has 0 heterocycles. The molecule has 15 aromatic rings. The Labute approximate surface area is 563 Å². The van der Waals surface area contributed by atoms with Gasteiger partial charge < -0.3 is 9.80 Å². The Morgan fingerprint density at radius 3 is 0.750 bits per heavy atom. The minimum absolute atomic E-state index is 0.199. The highest BCUT2D eigenvalue weighted by atomic mass is 15.1. The summed E-state index contributed by atoms with van der Waals surface area (Å²) in [4.78, 5) is 5.10. The Hall–Kier alpha value is -11.1. The smallest absolute Gasteiger partial charge is 0.0468 e. The maximum Gasteiger partial charge on any atom is 0.0468 e. The van der Waals surface area contributed by atoms with Gasteiger partial charge in [0.15, 0.2) is 0 Å². The molecule has 2 heteroatoms. The zero-order valence-corrected chi connectivity index (χ0v) is 55.6. The summed E-state index contributed by atoms with van der Waals surface area (Å²) >= 11 is 0. The van der Waals surface area contributed by atoms with Crippen LogP contribution in [0.2, 0.25) is 0 Å². The number of hydrogen-bond donors (Lipinski definition) is 0. The molecule has 0 fully saturated rings. The van der Waals surface area contributed by atoms with Gasteiger partial charge in [0.05, 0.1) is 0 Å². The van der Waals surface area contributed by atoms with Gasteiger partial charge in [-0.3, -0.25) is 0 Å². The van der Waals surface area contributed by atoms with Crippen molar-refractivity contribution in [3.05, 3.63) is 336 Å². The van der Waals surface area contributed by atoms with Gasteiger partial charge in [0.25, 0.3) is 0 Å². The molecule has 0 saturated heterocycles. The highest BCUT2D eigenvalue weighted by Gasteiger charge is 2.41. The van der Waals surface area contributed by atoms with E-state index < -0.39 is 0 Å². The van der Waals surface area contributed by atoms with Gasteiger partial charge >= 0.3 is 0 Å². The molecule has 0 atom stereocenters. The average Bonchev–Trinajstić information content (AvgIpc) is 1.02. The molecule has 0 aliphatic heterocycles. The molecule has 458 valence electrons. The van der Waals surface area contributed by atoms with Crippen molar-refractivity contribution in [3.63, 3.8) is 0 Å². The highest BCUT2D eigenvalue weighted by Crippen LogP contribution is 2.58. The van der Waals surface area contributed by atoms with E-state index in [1.807, 2.05) is 0 Å². The number of hydrogen-bond acceptors (Lipinski definition) is 2. The van der Waals surface area contributed by atoms with Gasteiger partial charge in [0.1, 0.15) is 0 Å². The van der Waals surface area contributed by atoms with Crippen LogP contribution in [-0.4, -0.2) is 0 Å². The fourth-order valence-electron chi connectivity index (χ4n) is 18.0. The SMILES string of the molecule is CC1(C)c2ccccc2-c2ccc(N(c3ccc4c(c3)C(C)(C)c3ccccc3-4)c3ccc4c(-c5ccc6ccccc6c5)c5cc(N(c6ccc7c(c6)C(C)(C)c6ccccc6-7)c6ccc7c(c6)C(C)(C)c6ccccc6-7)ccc5c(-c5ccc6ccccc6c5)c4c3)cc21. The third kappa shape index (κ3) is 8.05. The van der Waals surface area contributed by atoms with Gasteiger partial charge in [0.2, 0.25) is 0 Å². The minimum Gasteiger partial charge on any atom is -0.310 e. The zero-order chi connectivity index (χ0) is 64.7. The average molecular weight is 1230 g/mol. The van der Waals surface area contributed by atoms with E-state index in [0.717, 1.165) is 34.1 Å². The Kier molecular flexibility index (Phi) is 11.9. The predicted molar refractivity (Wildman–Crippen MR) is 407 cm³/mol. The summed E-state index contributed by atoms with van der Waals surface area (Å²) in [7, 11) is 0. The molecule has 0 spiro atoms. The van der Waals surface area contributed by atoms with Crippen LogP contribution in [0, 0.1) is 0 Å². The summed E-state index contributed by atoms with van der Waals surface area (Å²) in [5.41, 5.74) is 32.1. The first-order chi connectivity index (χ1) is 46.6. The highest BCUT2D eigenvalue weighted by molar-refractivity contribution is 6.23. The van der Waals surface area contributed by atoms with E-state index in [-0.39, 0.29) is 21.7 Å². The summed E-state index contributed by atoms with van der Waals surface area (Å²) in [5, 5.41) is 9.63. The number of fused-ring (bicyclic) bond motifs is 16. The van der Waals surface area contributed by atoms with Crippen LogP contribution in [0.1, 0.15) is 99.9 Å². The monoisotopic (exact) mass is 1230 g/mol. The fraction of sp³-hybridized carbons (Fsp3) is 0.128. The van der Waals surface area contributed by atoms with Crippen LogP contribution in [0.4, 0.5) is 34.1 Å². The Morgan fingerprint density at radius 2 is 0.438 bits per heavy atom. The Morgan fingerprint density at radius 1 is 0.188 bits per heavy atom. The molecule has 4 aliphatic carbocycles. The first kappa shape index (κ1) is 56.5. The van der Waals surface area contributed by atoms with Crippen LogP contribution in [0.25, 0.3) is 110 Å². The lowest BCUT2D eigenvalue weighted by molar-refractivity contribution is 0.659. The molecule has 15 aromatic carbocycles. The van der Waals surface area contributed by atoms with Gasteiger partial charge in [-0.2, -0.15) is 0 Å². The first-order valence-corrected chi connectivity index (χ1v) is 34.2. The van der Waals surface area contributed by atoms with E-state index in [9.17, 15) is 0 Å². The van der Waals surface area contributed by atoms with Crippen LogP contribution in [-0.2, 0) is 21.7 Å². The van der Waals surface area contributed by atoms with E-state index in [1.165, 1.54) is 154 Å². The van der Waals surface area contributed by atoms with Gasteiger partial charge in [-0.05, 0) is 239 Å². The maximum atomic E-state index is 2.55. The molecule has 2 nitrogen and oxygen atoms in total. The second-order valence-electron chi connectivity index (χ2n) is 29.6. The quantitative estimate of drug-likeness (QED) is 0.140. The number of anilines is 6. The zero-order valence-electron chi connectivity index (χ0n) is 55.6. The molecule has 0 aromatic heterocycles. The van der Waals surface area contributed by atoms with Gasteiger partial charge in [-0.1, -0.05) is 262 Å². The third-order valence-electron chi connectivity index (χ3n) is 23.0. The topological polar surface area (TPSA) is 6.48 Å². The van der Waals surface area contributed by atoms with Crippen LogP contribution in [0.3, 0.4) is 0 Å². The molecule has 0 amide bonds. The van der Waals surface area contributed by atoms with Crippen molar-refractivity contribution < 1.29 is 0 Å². The van der Waals surface area contributed by atoms with Crippen LogP contribution < -0.4 is 9.80 Å². The number of benzene rings is 15. The lowest BCUT2D eigenvalue weighted by atomic mass is 9.82. The normalized spacial score (nSPS) is 15.0. The van der Waals surface area contributed by atoms with Crippen molar-refractivity contribution in [1.29, 1.82) is 0 Å². The molecule has 0 bridgehead atoms. The molecule has 4 aliphatic rings. The van der Waals surface area contributed by atoms with Gasteiger partial charge in [0, 0.05) is 55.8 Å². The molecular weight excluding hydrogens is 1160 g/mol. The van der Waals surface area contributed by atoms with E-state index in [2.05, 4.69) is 356 Å². The minimum atomic E-state index is -0.199. The van der Waals surface area contributed by atoms with Crippen LogP contribution >= 0.6 is 0 Å². The van der Waals surface area contributed by atoms with Crippen molar-refractivity contribution in [1.82, 2.24) is 0 Å². The van der Waals surface area contributed by atoms with E-state index in [1.54, 1.807) is 0 Å². The summed E-state index contributed by atoms with van der Waals surface area (Å²) in [6, 6.07) is 112. The van der Waals surface area contributed by atoms with Crippen LogP contribution in [0.5, 0.6) is 0 Å². The Bertz CT molecular complexity index is 5290. The number of rotatable bonds is 8. The van der Waals surface area contributed by atoms with Crippen molar-refractivity contribution in [2.75, 3.05) is 9.80 Å². The summed E-state index contributed by atoms with van der Waals surface area (Å²) in [6.07, 6.45) is 0. The van der Waals surface area contributed by atoms with E-state index >= 15 is 0 Å². The molecule has 0 saturated carbocycles. The standard InChI is InChI=1S/C94H72N2/c1-91(2)81-29-17-13-25-69(81)73-43-37-65(53-85(73)91)95(66-38-44-74-70-26-14-18-30-82(70)92(3,4)86(74)54-66)63-41-47-77-79(51-63)89(61-35-33-57-21-9-11-23-59(57)49-61)78-48-42-64(52-80(78)90(77)62-36-34-58-22-10-12-24-60(58)50-62)96(67-39-45-75-71-27-15-19-31-83(71)93(5,6)87(75)55-67)68-40-46-76-72-28-16-20-32-84(72)94(7,8)88(76)56-68/h9-56H,1-8H3. The molecular formula is C94H72N2. The van der Waals surface area contributed by atoms with Gasteiger partial charge in [-0.15, -0.1) is 0 Å². The molecule has 0 N–H and O–H groups in total. The molecule has 0 radical (unpaired) electrons. The second-order valence-corrected chi connectivity index (χ2v) is 29.6. The van der Waals surface area contributed by atoms with Crippen LogP contribution in [0.15, 0.2) is 291 Å². The van der Waals surface area contributed by atoms with Gasteiger partial charge in [-0.25, -0.2) is 0 Å². The third-order valence-corrected chi connectivity index (χ3v) is 23.0. The lowest BCUT2D eigenvalue weighted by Crippen LogP contribution is -2.18. The van der Waals surface area contributed by atoms with Crippen molar-refractivity contribution in [2.24, 2.45) is 0 Å². The summed E-state index contributed by atoms with van der Waals surface area (Å²) in [6.45, 7) is 19.2. The predicted octanol–water partition coefficient (Wildman–Crippen LogP) is 25.8. The molecule has 19 rings (SSSR count). The van der Waals surface area contributed by atoms with Crippen molar-refractivity contribution in [2.45, 2.75) is 77.0 Å². The maximum absolute atomic E-state index is 2.55. The summed E-state index contributed by atoms with van der Waals surface area (Å²) < 4.78 is 0. The second kappa shape index (κ2) is 20.2. The fourth-order valence-corrected chi connectivity index (χ4v) is 18.0. The Balaban J connectivity index is 0.891. The molecule has 0 unspecified atom stereocenters. The van der Waals surface area contributed by atoms with E-state index in [0.29, 0.717) is 0 Å².